The molecule has 3 nitrogen and oxygen atoms in total. The summed E-state index contributed by atoms with van der Waals surface area (Å²) in [5.74, 6) is -0.212. The van der Waals surface area contributed by atoms with Crippen molar-refractivity contribution < 1.29 is 4.39 Å². The van der Waals surface area contributed by atoms with Gasteiger partial charge in [0.15, 0.2) is 0 Å². The fourth-order valence-corrected chi connectivity index (χ4v) is 2.09. The molecule has 2 aromatic rings. The molecule has 0 spiro atoms. The Hall–Kier alpha value is -1.65. The van der Waals surface area contributed by atoms with E-state index in [1.165, 1.54) is 6.07 Å². The van der Waals surface area contributed by atoms with Crippen molar-refractivity contribution in [1.82, 2.24) is 4.98 Å². The first-order valence-corrected chi connectivity index (χ1v) is 5.80. The quantitative estimate of drug-likeness (QED) is 0.878. The number of anilines is 1. The molecule has 0 aliphatic rings. The average molecular weight is 266 g/mol. The maximum absolute atomic E-state index is 13.9. The molecule has 1 unspecified atom stereocenters. The zero-order valence-electron chi connectivity index (χ0n) is 9.82. The summed E-state index contributed by atoms with van der Waals surface area (Å²) in [5, 5.41) is 0.0445. The van der Waals surface area contributed by atoms with Gasteiger partial charge in [-0.05, 0) is 24.6 Å². The van der Waals surface area contributed by atoms with Crippen molar-refractivity contribution in [2.75, 3.05) is 5.73 Å². The Bertz CT molecular complexity index is 566. The largest absolute Gasteiger partial charge is 0.383 e. The van der Waals surface area contributed by atoms with Crippen LogP contribution in [0.1, 0.15) is 22.7 Å². The molecule has 18 heavy (non-hydrogen) atoms. The number of aryl methyl sites for hydroxylation is 1. The molecule has 4 N–H and O–H groups in total. The highest BCUT2D eigenvalue weighted by Gasteiger charge is 2.19. The maximum atomic E-state index is 13.9. The first-order valence-electron chi connectivity index (χ1n) is 5.43. The summed E-state index contributed by atoms with van der Waals surface area (Å²) in [6.07, 6.45) is 1.59. The van der Waals surface area contributed by atoms with E-state index in [0.717, 1.165) is 5.56 Å². The predicted molar refractivity (Wildman–Crippen MR) is 70.8 cm³/mol. The molecule has 94 valence electrons. The number of halogens is 2. The zero-order valence-corrected chi connectivity index (χ0v) is 10.6. The van der Waals surface area contributed by atoms with Crippen LogP contribution in [0, 0.1) is 12.7 Å². The lowest BCUT2D eigenvalue weighted by Gasteiger charge is -2.17. The fourth-order valence-electron chi connectivity index (χ4n) is 1.91. The highest BCUT2D eigenvalue weighted by atomic mass is 35.5. The Balaban J connectivity index is 2.55. The van der Waals surface area contributed by atoms with E-state index >= 15 is 0 Å². The van der Waals surface area contributed by atoms with Gasteiger partial charge in [-0.2, -0.15) is 0 Å². The Morgan fingerprint density at radius 2 is 2.06 bits per heavy atom. The van der Waals surface area contributed by atoms with Crippen molar-refractivity contribution in [1.29, 1.82) is 0 Å². The van der Waals surface area contributed by atoms with Gasteiger partial charge in [0.25, 0.3) is 0 Å². The molecule has 0 amide bonds. The second kappa shape index (κ2) is 4.92. The third-order valence-corrected chi connectivity index (χ3v) is 3.16. The Labute approximate surface area is 110 Å². The standard InChI is InChI=1S/C13H13ClFN3/c1-7-5-6-18-13(17)10(7)12(16)8-3-2-4-9(14)11(8)15/h2-6,12H,16H2,1H3,(H2,17,18). The number of nitrogens with zero attached hydrogens (tertiary/aromatic N) is 1. The Morgan fingerprint density at radius 3 is 2.72 bits per heavy atom. The van der Waals surface area contributed by atoms with Crippen LogP contribution in [-0.4, -0.2) is 4.98 Å². The number of nitrogen functional groups attached to an aromatic ring is 1. The molecule has 2 rings (SSSR count). The van der Waals surface area contributed by atoms with Gasteiger partial charge in [-0.25, -0.2) is 9.37 Å². The first-order chi connectivity index (χ1) is 8.52. The summed E-state index contributed by atoms with van der Waals surface area (Å²) in [7, 11) is 0. The summed E-state index contributed by atoms with van der Waals surface area (Å²) >= 11 is 5.75. The van der Waals surface area contributed by atoms with E-state index in [4.69, 9.17) is 23.1 Å². The van der Waals surface area contributed by atoms with Crippen LogP contribution in [0.15, 0.2) is 30.5 Å². The number of aromatic nitrogens is 1. The van der Waals surface area contributed by atoms with Crippen LogP contribution >= 0.6 is 11.6 Å². The molecule has 0 saturated carbocycles. The van der Waals surface area contributed by atoms with Crippen LogP contribution in [0.25, 0.3) is 0 Å². The highest BCUT2D eigenvalue weighted by Crippen LogP contribution is 2.30. The number of rotatable bonds is 2. The van der Waals surface area contributed by atoms with E-state index in [-0.39, 0.29) is 5.02 Å². The summed E-state index contributed by atoms with van der Waals surface area (Å²) in [5.41, 5.74) is 13.7. The van der Waals surface area contributed by atoms with Gasteiger partial charge in [0.1, 0.15) is 11.6 Å². The van der Waals surface area contributed by atoms with E-state index < -0.39 is 11.9 Å². The molecule has 1 atom stereocenters. The van der Waals surface area contributed by atoms with Crippen molar-refractivity contribution in [3.05, 3.63) is 58.0 Å². The molecule has 0 saturated heterocycles. The minimum atomic E-state index is -0.683. The molecule has 1 aromatic heterocycles. The molecular formula is C13H13ClFN3. The maximum Gasteiger partial charge on any atom is 0.146 e. The fraction of sp³-hybridized carbons (Fsp3) is 0.154. The third kappa shape index (κ3) is 2.17. The van der Waals surface area contributed by atoms with Crippen molar-refractivity contribution in [2.45, 2.75) is 13.0 Å². The van der Waals surface area contributed by atoms with Crippen LogP contribution in [-0.2, 0) is 0 Å². The van der Waals surface area contributed by atoms with Gasteiger partial charge in [-0.1, -0.05) is 23.7 Å². The second-order valence-corrected chi connectivity index (χ2v) is 4.45. The third-order valence-electron chi connectivity index (χ3n) is 2.87. The monoisotopic (exact) mass is 265 g/mol. The summed E-state index contributed by atoms with van der Waals surface area (Å²) < 4.78 is 13.9. The van der Waals surface area contributed by atoms with Gasteiger partial charge in [0.2, 0.25) is 0 Å². The van der Waals surface area contributed by atoms with Crippen molar-refractivity contribution in [3.8, 4) is 0 Å². The van der Waals surface area contributed by atoms with Crippen molar-refractivity contribution >= 4 is 17.4 Å². The zero-order chi connectivity index (χ0) is 13.3. The smallest absolute Gasteiger partial charge is 0.146 e. The molecule has 0 bridgehead atoms. The molecular weight excluding hydrogens is 253 g/mol. The average Bonchev–Trinajstić information content (AvgIpc) is 2.32. The van der Waals surface area contributed by atoms with Crippen molar-refractivity contribution in [2.24, 2.45) is 5.73 Å². The van der Waals surface area contributed by atoms with E-state index in [9.17, 15) is 4.39 Å². The van der Waals surface area contributed by atoms with Crippen molar-refractivity contribution in [3.63, 3.8) is 0 Å². The number of nitrogens with two attached hydrogens (primary N) is 2. The molecule has 0 aliphatic heterocycles. The topological polar surface area (TPSA) is 64.9 Å². The minimum absolute atomic E-state index is 0.0445. The number of pyridine rings is 1. The van der Waals surface area contributed by atoms with Crippen LogP contribution in [0.3, 0.4) is 0 Å². The van der Waals surface area contributed by atoms with Gasteiger partial charge in [-0.15, -0.1) is 0 Å². The lowest BCUT2D eigenvalue weighted by molar-refractivity contribution is 0.599. The van der Waals surface area contributed by atoms with Gasteiger partial charge in [0, 0.05) is 17.3 Å². The number of hydrogen-bond acceptors (Lipinski definition) is 3. The normalized spacial score (nSPS) is 12.4. The minimum Gasteiger partial charge on any atom is -0.383 e. The van der Waals surface area contributed by atoms with Crippen LogP contribution in [0.4, 0.5) is 10.2 Å². The molecule has 0 aliphatic carbocycles. The van der Waals surface area contributed by atoms with Crippen LogP contribution < -0.4 is 11.5 Å². The Morgan fingerprint density at radius 1 is 1.33 bits per heavy atom. The van der Waals surface area contributed by atoms with E-state index in [1.54, 1.807) is 24.4 Å². The van der Waals surface area contributed by atoms with E-state index in [0.29, 0.717) is 16.9 Å². The molecule has 0 radical (unpaired) electrons. The van der Waals surface area contributed by atoms with E-state index in [2.05, 4.69) is 4.98 Å². The SMILES string of the molecule is Cc1ccnc(N)c1C(N)c1cccc(Cl)c1F. The number of hydrogen-bond donors (Lipinski definition) is 2. The summed E-state index contributed by atoms with van der Waals surface area (Å²) in [4.78, 5) is 3.98. The molecule has 1 aromatic carbocycles. The molecule has 1 heterocycles. The summed E-state index contributed by atoms with van der Waals surface area (Å²) in [6, 6.07) is 5.83. The van der Waals surface area contributed by atoms with Gasteiger partial charge in [-0.3, -0.25) is 0 Å². The van der Waals surface area contributed by atoms with Gasteiger partial charge < -0.3 is 11.5 Å². The van der Waals surface area contributed by atoms with Crippen LogP contribution in [0.2, 0.25) is 5.02 Å². The van der Waals surface area contributed by atoms with Gasteiger partial charge >= 0.3 is 0 Å². The second-order valence-electron chi connectivity index (χ2n) is 4.05. The first kappa shape index (κ1) is 12.8. The van der Waals surface area contributed by atoms with Gasteiger partial charge in [0.05, 0.1) is 11.1 Å². The number of benzene rings is 1. The lowest BCUT2D eigenvalue weighted by atomic mass is 9.96. The molecule has 0 fully saturated rings. The van der Waals surface area contributed by atoms with E-state index in [1.807, 2.05) is 6.92 Å². The lowest BCUT2D eigenvalue weighted by Crippen LogP contribution is -2.17. The molecule has 5 heteroatoms. The summed E-state index contributed by atoms with van der Waals surface area (Å²) in [6.45, 7) is 1.86. The predicted octanol–water partition coefficient (Wildman–Crippen LogP) is 2.81. The van der Waals surface area contributed by atoms with Crippen LogP contribution in [0.5, 0.6) is 0 Å². The highest BCUT2D eigenvalue weighted by molar-refractivity contribution is 6.30. The Kier molecular flexibility index (Phi) is 3.50.